The van der Waals surface area contributed by atoms with Crippen LogP contribution in [-0.2, 0) is 14.3 Å². The first-order valence-corrected chi connectivity index (χ1v) is 6.01. The Bertz CT molecular complexity index is 254. The number of esters is 1. The molecule has 17 heavy (non-hydrogen) atoms. The summed E-state index contributed by atoms with van der Waals surface area (Å²) in [6, 6.07) is 0. The molecule has 1 unspecified atom stereocenters. The van der Waals surface area contributed by atoms with Gasteiger partial charge in [0.15, 0.2) is 0 Å². The van der Waals surface area contributed by atoms with Gasteiger partial charge in [-0.2, -0.15) is 0 Å². The van der Waals surface area contributed by atoms with E-state index in [1.54, 1.807) is 25.9 Å². The van der Waals surface area contributed by atoms with Gasteiger partial charge in [0.05, 0.1) is 19.1 Å². The molecule has 0 radical (unpaired) electrons. The van der Waals surface area contributed by atoms with Crippen LogP contribution in [0.1, 0.15) is 20.8 Å². The third kappa shape index (κ3) is 6.26. The Balaban J connectivity index is 4.21. The standard InChI is InChI=1S/C12H24N2O3/c1-6-14(9-11(15)13(4)5)8-10(3)12(16)17-7-2/h10H,6-9H2,1-5H3. The van der Waals surface area contributed by atoms with Crippen LogP contribution >= 0.6 is 0 Å². The number of nitrogens with zero attached hydrogens (tertiary/aromatic N) is 2. The highest BCUT2D eigenvalue weighted by Crippen LogP contribution is 2.03. The van der Waals surface area contributed by atoms with Crippen molar-refractivity contribution in [1.82, 2.24) is 9.80 Å². The van der Waals surface area contributed by atoms with Crippen molar-refractivity contribution in [2.24, 2.45) is 5.92 Å². The predicted octanol–water partition coefficient (Wildman–Crippen LogP) is 0.596. The third-order valence-corrected chi connectivity index (χ3v) is 2.53. The van der Waals surface area contributed by atoms with E-state index >= 15 is 0 Å². The van der Waals surface area contributed by atoms with Crippen molar-refractivity contribution in [1.29, 1.82) is 0 Å². The molecule has 0 fully saturated rings. The number of rotatable bonds is 7. The van der Waals surface area contributed by atoms with Gasteiger partial charge in [-0.25, -0.2) is 0 Å². The van der Waals surface area contributed by atoms with Gasteiger partial charge in [-0.3, -0.25) is 14.5 Å². The Morgan fingerprint density at radius 3 is 2.24 bits per heavy atom. The van der Waals surface area contributed by atoms with E-state index in [-0.39, 0.29) is 17.8 Å². The molecule has 0 aromatic rings. The summed E-state index contributed by atoms with van der Waals surface area (Å²) in [5.41, 5.74) is 0. The largest absolute Gasteiger partial charge is 0.466 e. The molecule has 0 rings (SSSR count). The zero-order chi connectivity index (χ0) is 13.4. The number of carbonyl (C=O) groups excluding carboxylic acids is 2. The molecule has 0 aromatic heterocycles. The first-order valence-electron chi connectivity index (χ1n) is 6.01. The molecule has 0 bridgehead atoms. The molecule has 0 aliphatic carbocycles. The van der Waals surface area contributed by atoms with E-state index in [4.69, 9.17) is 4.74 Å². The zero-order valence-electron chi connectivity index (χ0n) is 11.5. The number of hydrogen-bond donors (Lipinski definition) is 0. The minimum absolute atomic E-state index is 0.0444. The van der Waals surface area contributed by atoms with Crippen molar-refractivity contribution in [2.45, 2.75) is 20.8 Å². The molecular weight excluding hydrogens is 220 g/mol. The summed E-state index contributed by atoms with van der Waals surface area (Å²) in [5.74, 6) is -0.365. The van der Waals surface area contributed by atoms with Gasteiger partial charge in [0.1, 0.15) is 0 Å². The van der Waals surface area contributed by atoms with Gasteiger partial charge in [-0.1, -0.05) is 13.8 Å². The fourth-order valence-corrected chi connectivity index (χ4v) is 1.38. The Hall–Kier alpha value is -1.10. The van der Waals surface area contributed by atoms with Crippen LogP contribution in [0.3, 0.4) is 0 Å². The lowest BCUT2D eigenvalue weighted by Crippen LogP contribution is -2.40. The highest BCUT2D eigenvalue weighted by molar-refractivity contribution is 5.77. The molecule has 5 nitrogen and oxygen atoms in total. The topological polar surface area (TPSA) is 49.9 Å². The monoisotopic (exact) mass is 244 g/mol. The molecule has 5 heteroatoms. The Morgan fingerprint density at radius 2 is 1.82 bits per heavy atom. The van der Waals surface area contributed by atoms with Crippen LogP contribution < -0.4 is 0 Å². The summed E-state index contributed by atoms with van der Waals surface area (Å²) in [6.45, 7) is 7.61. The molecule has 100 valence electrons. The van der Waals surface area contributed by atoms with E-state index in [2.05, 4.69) is 0 Å². The van der Waals surface area contributed by atoms with Crippen LogP contribution in [-0.4, -0.2) is 62.0 Å². The van der Waals surface area contributed by atoms with Gasteiger partial charge in [0, 0.05) is 20.6 Å². The minimum Gasteiger partial charge on any atom is -0.466 e. The van der Waals surface area contributed by atoms with Crippen LogP contribution in [0.4, 0.5) is 0 Å². The average Bonchev–Trinajstić information content (AvgIpc) is 2.27. The highest BCUT2D eigenvalue weighted by atomic mass is 16.5. The molecule has 0 saturated heterocycles. The van der Waals surface area contributed by atoms with Gasteiger partial charge in [0.2, 0.25) is 5.91 Å². The van der Waals surface area contributed by atoms with Crippen molar-refractivity contribution in [3.63, 3.8) is 0 Å². The predicted molar refractivity (Wildman–Crippen MR) is 66.6 cm³/mol. The van der Waals surface area contributed by atoms with Gasteiger partial charge < -0.3 is 9.64 Å². The number of hydrogen-bond acceptors (Lipinski definition) is 4. The smallest absolute Gasteiger partial charge is 0.309 e. The number of likely N-dealkylation sites (N-methyl/N-ethyl adjacent to an activating group) is 2. The first-order chi connectivity index (χ1) is 7.92. The van der Waals surface area contributed by atoms with Crippen LogP contribution in [0.2, 0.25) is 0 Å². The van der Waals surface area contributed by atoms with Crippen molar-refractivity contribution < 1.29 is 14.3 Å². The summed E-state index contributed by atoms with van der Waals surface area (Å²) >= 11 is 0. The minimum atomic E-state index is -0.205. The van der Waals surface area contributed by atoms with Crippen molar-refractivity contribution in [3.05, 3.63) is 0 Å². The van der Waals surface area contributed by atoms with E-state index in [0.717, 1.165) is 6.54 Å². The zero-order valence-corrected chi connectivity index (χ0v) is 11.5. The lowest BCUT2D eigenvalue weighted by atomic mass is 10.1. The number of amides is 1. The summed E-state index contributed by atoms with van der Waals surface area (Å²) in [6.07, 6.45) is 0. The molecule has 1 amide bonds. The summed E-state index contributed by atoms with van der Waals surface area (Å²) in [5, 5.41) is 0. The second-order valence-electron chi connectivity index (χ2n) is 4.27. The molecule has 0 heterocycles. The maximum Gasteiger partial charge on any atom is 0.309 e. The Morgan fingerprint density at radius 1 is 1.24 bits per heavy atom. The maximum atomic E-state index is 11.6. The van der Waals surface area contributed by atoms with Gasteiger partial charge in [0.25, 0.3) is 0 Å². The van der Waals surface area contributed by atoms with E-state index in [9.17, 15) is 9.59 Å². The average molecular weight is 244 g/mol. The number of carbonyl (C=O) groups is 2. The molecule has 0 aliphatic heterocycles. The lowest BCUT2D eigenvalue weighted by Gasteiger charge is -2.24. The van der Waals surface area contributed by atoms with Crippen LogP contribution in [0.15, 0.2) is 0 Å². The van der Waals surface area contributed by atoms with E-state index < -0.39 is 0 Å². The second kappa shape index (κ2) is 8.06. The van der Waals surface area contributed by atoms with Crippen LogP contribution in [0.25, 0.3) is 0 Å². The molecule has 0 aliphatic rings. The maximum absolute atomic E-state index is 11.6. The van der Waals surface area contributed by atoms with Crippen molar-refractivity contribution in [3.8, 4) is 0 Å². The molecule has 0 N–H and O–H groups in total. The molecule has 1 atom stereocenters. The lowest BCUT2D eigenvalue weighted by molar-refractivity contribution is -0.148. The first kappa shape index (κ1) is 15.9. The second-order valence-corrected chi connectivity index (χ2v) is 4.27. The normalized spacial score (nSPS) is 12.4. The SMILES string of the molecule is CCOC(=O)C(C)CN(CC)CC(=O)N(C)C. The van der Waals surface area contributed by atoms with Crippen LogP contribution in [0, 0.1) is 5.92 Å². The molecule has 0 saturated carbocycles. The Labute approximate surface area is 104 Å². The summed E-state index contributed by atoms with van der Waals surface area (Å²) in [7, 11) is 3.45. The molecule has 0 aromatic carbocycles. The summed E-state index contributed by atoms with van der Waals surface area (Å²) in [4.78, 5) is 26.5. The van der Waals surface area contributed by atoms with Gasteiger partial charge in [-0.05, 0) is 13.5 Å². The van der Waals surface area contributed by atoms with E-state index in [1.807, 2.05) is 18.7 Å². The molecular formula is C12H24N2O3. The highest BCUT2D eigenvalue weighted by Gasteiger charge is 2.19. The fourth-order valence-electron chi connectivity index (χ4n) is 1.38. The van der Waals surface area contributed by atoms with Gasteiger partial charge in [-0.15, -0.1) is 0 Å². The van der Waals surface area contributed by atoms with E-state index in [1.165, 1.54) is 0 Å². The van der Waals surface area contributed by atoms with Crippen LogP contribution in [0.5, 0.6) is 0 Å². The summed E-state index contributed by atoms with van der Waals surface area (Å²) < 4.78 is 4.94. The quantitative estimate of drug-likeness (QED) is 0.615. The number of ether oxygens (including phenoxy) is 1. The Kier molecular flexibility index (Phi) is 7.54. The van der Waals surface area contributed by atoms with Crippen molar-refractivity contribution in [2.75, 3.05) is 40.3 Å². The molecule has 0 spiro atoms. The van der Waals surface area contributed by atoms with E-state index in [0.29, 0.717) is 19.7 Å². The van der Waals surface area contributed by atoms with Crippen molar-refractivity contribution >= 4 is 11.9 Å². The fraction of sp³-hybridized carbons (Fsp3) is 0.833. The third-order valence-electron chi connectivity index (χ3n) is 2.53. The van der Waals surface area contributed by atoms with Gasteiger partial charge >= 0.3 is 5.97 Å².